The maximum absolute atomic E-state index is 12.7. The van der Waals surface area contributed by atoms with E-state index in [2.05, 4.69) is 62.5 Å². The van der Waals surface area contributed by atoms with Gasteiger partial charge in [0, 0.05) is 12.8 Å². The summed E-state index contributed by atoms with van der Waals surface area (Å²) in [6.07, 6.45) is 38.6. The highest BCUT2D eigenvalue weighted by molar-refractivity contribution is 5.70. The van der Waals surface area contributed by atoms with Crippen LogP contribution in [0.2, 0.25) is 0 Å². The Morgan fingerprint density at radius 1 is 0.574 bits per heavy atom. The van der Waals surface area contributed by atoms with Crippen molar-refractivity contribution < 1.29 is 42.9 Å². The van der Waals surface area contributed by atoms with Gasteiger partial charge in [0.1, 0.15) is 13.2 Å². The predicted molar refractivity (Wildman–Crippen MR) is 219 cm³/mol. The zero-order valence-corrected chi connectivity index (χ0v) is 35.1. The molecule has 0 saturated heterocycles. The number of allylic oxidation sites excluding steroid dienone is 8. The number of unbranched alkanes of at least 4 members (excludes halogenated alkanes) is 15. The van der Waals surface area contributed by atoms with Crippen molar-refractivity contribution in [2.24, 2.45) is 0 Å². The van der Waals surface area contributed by atoms with Crippen LogP contribution in [0.1, 0.15) is 162 Å². The van der Waals surface area contributed by atoms with Gasteiger partial charge in [0.25, 0.3) is 0 Å². The number of likely N-dealkylation sites (N-methyl/N-ethyl adjacent to an activating group) is 1. The second-order valence-electron chi connectivity index (χ2n) is 15.2. The fourth-order valence-corrected chi connectivity index (χ4v) is 5.48. The molecule has 0 amide bonds. The van der Waals surface area contributed by atoms with Crippen molar-refractivity contribution in [1.82, 2.24) is 0 Å². The molecule has 0 heterocycles. The summed E-state index contributed by atoms with van der Waals surface area (Å²) in [6, 6.07) is 0. The molecule has 0 aliphatic heterocycles. The summed E-state index contributed by atoms with van der Waals surface area (Å²) in [7, 11) is 5.89. The first-order valence-corrected chi connectivity index (χ1v) is 21.3. The summed E-state index contributed by atoms with van der Waals surface area (Å²) in [4.78, 5) is 36.9. The molecule has 0 fully saturated rings. The Bertz CT molecular complexity index is 1030. The van der Waals surface area contributed by atoms with Crippen LogP contribution in [0.25, 0.3) is 0 Å². The molecule has 2 atom stereocenters. The van der Waals surface area contributed by atoms with Gasteiger partial charge in [0.15, 0.2) is 12.4 Å². The number of aliphatic carboxylic acids is 1. The van der Waals surface area contributed by atoms with Crippen molar-refractivity contribution in [3.8, 4) is 0 Å². The van der Waals surface area contributed by atoms with Gasteiger partial charge in [-0.1, -0.05) is 127 Å². The van der Waals surface area contributed by atoms with E-state index < -0.39 is 24.3 Å². The molecule has 0 spiro atoms. The number of carbonyl (C=O) groups is 3. The van der Waals surface area contributed by atoms with E-state index in [4.69, 9.17) is 18.9 Å². The molecular weight excluding hydrogens is 682 g/mol. The summed E-state index contributed by atoms with van der Waals surface area (Å²) in [5, 5.41) is 11.7. The van der Waals surface area contributed by atoms with E-state index in [-0.39, 0.29) is 38.6 Å². The van der Waals surface area contributed by atoms with Crippen molar-refractivity contribution in [2.45, 2.75) is 174 Å². The molecule has 312 valence electrons. The number of hydrogen-bond donors (Lipinski definition) is 0. The number of carboxylic acid groups (broad SMARTS) is 1. The molecular formula is C45H79NO8. The van der Waals surface area contributed by atoms with E-state index in [0.29, 0.717) is 17.4 Å². The van der Waals surface area contributed by atoms with Crippen molar-refractivity contribution in [3.05, 3.63) is 48.6 Å². The SMILES string of the molecule is CC/C=C\C/C=C\C/C=C\CCCCCC(=O)OC(COC(=O)CCCCCCC/C=C\CCCCCCCCC)COC(OCC[N+](C)(C)C)C(=O)[O-]. The monoisotopic (exact) mass is 762 g/mol. The number of quaternary nitrogens is 1. The zero-order chi connectivity index (χ0) is 40.0. The summed E-state index contributed by atoms with van der Waals surface area (Å²) < 4.78 is 22.5. The summed E-state index contributed by atoms with van der Waals surface area (Å²) in [5.41, 5.74) is 0. The molecule has 9 nitrogen and oxygen atoms in total. The van der Waals surface area contributed by atoms with Crippen LogP contribution < -0.4 is 5.11 Å². The molecule has 2 unspecified atom stereocenters. The molecule has 0 aliphatic rings. The van der Waals surface area contributed by atoms with Crippen LogP contribution in [0.5, 0.6) is 0 Å². The molecule has 0 aromatic heterocycles. The number of esters is 2. The Kier molecular flexibility index (Phi) is 35.3. The summed E-state index contributed by atoms with van der Waals surface area (Å²) >= 11 is 0. The van der Waals surface area contributed by atoms with E-state index >= 15 is 0 Å². The van der Waals surface area contributed by atoms with Crippen molar-refractivity contribution >= 4 is 17.9 Å². The van der Waals surface area contributed by atoms with Gasteiger partial charge in [0.2, 0.25) is 0 Å². The minimum Gasteiger partial charge on any atom is -0.545 e. The Balaban J connectivity index is 4.52. The molecule has 0 radical (unpaired) electrons. The maximum Gasteiger partial charge on any atom is 0.306 e. The smallest absolute Gasteiger partial charge is 0.306 e. The number of ether oxygens (including phenoxy) is 4. The van der Waals surface area contributed by atoms with Crippen LogP contribution >= 0.6 is 0 Å². The minimum absolute atomic E-state index is 0.139. The Labute approximate surface area is 330 Å². The highest BCUT2D eigenvalue weighted by Gasteiger charge is 2.21. The molecule has 0 bridgehead atoms. The second kappa shape index (κ2) is 37.2. The molecule has 0 aliphatic carbocycles. The van der Waals surface area contributed by atoms with Crippen LogP contribution in [0.15, 0.2) is 48.6 Å². The van der Waals surface area contributed by atoms with Crippen LogP contribution in [0.4, 0.5) is 0 Å². The molecule has 54 heavy (non-hydrogen) atoms. The third-order valence-electron chi connectivity index (χ3n) is 8.81. The van der Waals surface area contributed by atoms with Gasteiger partial charge in [-0.25, -0.2) is 0 Å². The third-order valence-corrected chi connectivity index (χ3v) is 8.81. The standard InChI is InChI=1S/C45H79NO8/c1-6-8-10-12-14-16-18-20-21-22-24-25-27-29-31-33-35-42(47)52-39-41(40-53-45(44(49)50)51-38-37-46(3,4)5)54-43(48)36-34-32-30-28-26-23-19-17-15-13-11-9-7-2/h9,11,15,17,21-23,26,41,45H,6-8,10,12-14,16,18-20,24-25,27-40H2,1-5H3/b11-9-,17-15-,22-21-,26-23-. The largest absolute Gasteiger partial charge is 0.545 e. The van der Waals surface area contributed by atoms with Crippen LogP contribution in [-0.2, 0) is 33.3 Å². The number of nitrogens with zero attached hydrogens (tertiary/aromatic N) is 1. The van der Waals surface area contributed by atoms with Gasteiger partial charge in [-0.3, -0.25) is 9.59 Å². The first-order valence-electron chi connectivity index (χ1n) is 21.3. The normalized spacial score (nSPS) is 13.4. The van der Waals surface area contributed by atoms with E-state index in [0.717, 1.165) is 77.0 Å². The average molecular weight is 762 g/mol. The molecule has 0 N–H and O–H groups in total. The lowest BCUT2D eigenvalue weighted by Crippen LogP contribution is -2.44. The quantitative estimate of drug-likeness (QED) is 0.0201. The van der Waals surface area contributed by atoms with Crippen LogP contribution in [0.3, 0.4) is 0 Å². The fraction of sp³-hybridized carbons (Fsp3) is 0.756. The third kappa shape index (κ3) is 37.6. The van der Waals surface area contributed by atoms with E-state index in [1.807, 2.05) is 21.1 Å². The fourth-order valence-electron chi connectivity index (χ4n) is 5.48. The Morgan fingerprint density at radius 2 is 1.06 bits per heavy atom. The van der Waals surface area contributed by atoms with Gasteiger partial charge < -0.3 is 33.3 Å². The predicted octanol–water partition coefficient (Wildman–Crippen LogP) is 9.49. The number of hydrogen-bond acceptors (Lipinski definition) is 8. The average Bonchev–Trinajstić information content (AvgIpc) is 3.12. The lowest BCUT2D eigenvalue weighted by atomic mass is 10.1. The first-order chi connectivity index (χ1) is 26.1. The topological polar surface area (TPSA) is 111 Å². The first kappa shape index (κ1) is 51.2. The van der Waals surface area contributed by atoms with Gasteiger partial charge in [0.05, 0.1) is 40.3 Å². The minimum atomic E-state index is -1.63. The van der Waals surface area contributed by atoms with E-state index in [1.54, 1.807) is 0 Å². The Hall–Kier alpha value is -2.75. The number of rotatable bonds is 38. The highest BCUT2D eigenvalue weighted by Crippen LogP contribution is 2.12. The zero-order valence-electron chi connectivity index (χ0n) is 35.1. The second-order valence-corrected chi connectivity index (χ2v) is 15.2. The van der Waals surface area contributed by atoms with Gasteiger partial charge in [-0.05, 0) is 70.6 Å². The summed E-state index contributed by atoms with van der Waals surface area (Å²) in [6.45, 7) is 4.56. The van der Waals surface area contributed by atoms with Crippen molar-refractivity contribution in [1.29, 1.82) is 0 Å². The Morgan fingerprint density at radius 3 is 1.61 bits per heavy atom. The molecule has 0 rings (SSSR count). The molecule has 0 aromatic rings. The molecule has 0 saturated carbocycles. The lowest BCUT2D eigenvalue weighted by molar-refractivity contribution is -0.870. The van der Waals surface area contributed by atoms with E-state index in [1.165, 1.54) is 51.4 Å². The molecule has 9 heteroatoms. The highest BCUT2D eigenvalue weighted by atomic mass is 16.7. The van der Waals surface area contributed by atoms with Crippen molar-refractivity contribution in [2.75, 3.05) is 47.5 Å². The number of carbonyl (C=O) groups excluding carboxylic acids is 3. The van der Waals surface area contributed by atoms with Crippen molar-refractivity contribution in [3.63, 3.8) is 0 Å². The van der Waals surface area contributed by atoms with Gasteiger partial charge in [-0.2, -0.15) is 0 Å². The maximum atomic E-state index is 12.7. The van der Waals surface area contributed by atoms with E-state index in [9.17, 15) is 19.5 Å². The van der Waals surface area contributed by atoms with Crippen LogP contribution in [-0.4, -0.2) is 82.3 Å². The van der Waals surface area contributed by atoms with Gasteiger partial charge in [-0.15, -0.1) is 0 Å². The number of carboxylic acids is 1. The lowest BCUT2D eigenvalue weighted by Gasteiger charge is -2.26. The summed E-state index contributed by atoms with van der Waals surface area (Å²) in [5.74, 6) is -2.34. The van der Waals surface area contributed by atoms with Crippen LogP contribution in [0, 0.1) is 0 Å². The van der Waals surface area contributed by atoms with Gasteiger partial charge >= 0.3 is 11.9 Å². The molecule has 0 aromatic carbocycles.